The first-order valence-corrected chi connectivity index (χ1v) is 9.33. The summed E-state index contributed by atoms with van der Waals surface area (Å²) in [5.41, 5.74) is 0. The van der Waals surface area contributed by atoms with Gasteiger partial charge in [0, 0.05) is 39.7 Å². The maximum atomic E-state index is 12.7. The minimum atomic E-state index is -3.42. The quantitative estimate of drug-likeness (QED) is 0.780. The maximum absolute atomic E-state index is 12.7. The lowest BCUT2D eigenvalue weighted by Crippen LogP contribution is -2.50. The first-order valence-electron chi connectivity index (χ1n) is 7.93. The van der Waals surface area contributed by atoms with E-state index in [0.29, 0.717) is 32.6 Å². The van der Waals surface area contributed by atoms with E-state index in [1.165, 1.54) is 4.31 Å². The molecule has 0 aromatic rings. The molecule has 0 radical (unpaired) electrons. The molecule has 1 atom stereocenters. The Morgan fingerprint density at radius 1 is 1.18 bits per heavy atom. The number of carbonyl (C=O) groups is 1. The molecule has 0 bridgehead atoms. The largest absolute Gasteiger partial charge is 0.481 e. The average molecular weight is 334 g/mol. The molecule has 128 valence electrons. The molecule has 0 aliphatic carbocycles. The summed E-state index contributed by atoms with van der Waals surface area (Å²) in [6.07, 6.45) is 3.97. The lowest BCUT2D eigenvalue weighted by Gasteiger charge is -2.38. The second-order valence-corrected chi connectivity index (χ2v) is 8.07. The lowest BCUT2D eigenvalue weighted by atomic mass is 9.95. The molecule has 0 aromatic carbocycles. The van der Waals surface area contributed by atoms with Crippen molar-refractivity contribution in [2.75, 3.05) is 33.3 Å². The number of hydrogen-bond donors (Lipinski definition) is 1. The highest BCUT2D eigenvalue weighted by Crippen LogP contribution is 2.26. The van der Waals surface area contributed by atoms with Crippen molar-refractivity contribution in [1.82, 2.24) is 8.61 Å². The van der Waals surface area contributed by atoms with Crippen LogP contribution in [0.5, 0.6) is 0 Å². The van der Waals surface area contributed by atoms with Gasteiger partial charge in [0.05, 0.1) is 6.10 Å². The summed E-state index contributed by atoms with van der Waals surface area (Å²) in [5, 5.41) is 8.77. The van der Waals surface area contributed by atoms with Gasteiger partial charge in [0.1, 0.15) is 0 Å². The number of rotatable bonds is 6. The molecule has 2 aliphatic heterocycles. The fourth-order valence-corrected chi connectivity index (χ4v) is 5.02. The van der Waals surface area contributed by atoms with E-state index in [1.54, 1.807) is 11.4 Å². The van der Waals surface area contributed by atoms with Crippen LogP contribution in [0.4, 0.5) is 0 Å². The summed E-state index contributed by atoms with van der Waals surface area (Å²) in [7, 11) is -1.77. The number of carboxylic acid groups (broad SMARTS) is 1. The van der Waals surface area contributed by atoms with Crippen molar-refractivity contribution in [3.63, 3.8) is 0 Å². The number of ether oxygens (including phenoxy) is 1. The number of carboxylic acids is 1. The Balaban J connectivity index is 1.92. The fraction of sp³-hybridized carbons (Fsp3) is 0.929. The van der Waals surface area contributed by atoms with Gasteiger partial charge in [0.15, 0.2) is 0 Å². The van der Waals surface area contributed by atoms with Crippen molar-refractivity contribution in [1.29, 1.82) is 0 Å². The third-order valence-electron chi connectivity index (χ3n) is 4.64. The Morgan fingerprint density at radius 3 is 2.45 bits per heavy atom. The average Bonchev–Trinajstić information content (AvgIpc) is 2.53. The second-order valence-electron chi connectivity index (χ2n) is 6.14. The van der Waals surface area contributed by atoms with Crippen LogP contribution in [0.15, 0.2) is 0 Å². The summed E-state index contributed by atoms with van der Waals surface area (Å²) in [6.45, 7) is 1.98. The van der Waals surface area contributed by atoms with Crippen LogP contribution >= 0.6 is 0 Å². The summed E-state index contributed by atoms with van der Waals surface area (Å²) in [6, 6.07) is 0. The monoisotopic (exact) mass is 334 g/mol. The normalized spacial score (nSPS) is 26.1. The van der Waals surface area contributed by atoms with Gasteiger partial charge in [-0.2, -0.15) is 17.0 Å². The predicted octanol–water partition coefficient (Wildman–Crippen LogP) is 0.919. The molecule has 8 heteroatoms. The number of aliphatic carboxylic acids is 1. The van der Waals surface area contributed by atoms with Gasteiger partial charge in [0.2, 0.25) is 0 Å². The summed E-state index contributed by atoms with van der Waals surface area (Å²) < 4.78 is 33.8. The summed E-state index contributed by atoms with van der Waals surface area (Å²) >= 11 is 0. The second kappa shape index (κ2) is 7.72. The molecule has 0 saturated carbocycles. The van der Waals surface area contributed by atoms with E-state index < -0.39 is 16.2 Å². The van der Waals surface area contributed by atoms with E-state index in [9.17, 15) is 13.2 Å². The van der Waals surface area contributed by atoms with Crippen LogP contribution in [-0.2, 0) is 19.7 Å². The molecule has 0 amide bonds. The van der Waals surface area contributed by atoms with E-state index >= 15 is 0 Å². The number of methoxy groups -OCH3 is 1. The highest BCUT2D eigenvalue weighted by Gasteiger charge is 2.35. The zero-order valence-electron chi connectivity index (χ0n) is 13.1. The van der Waals surface area contributed by atoms with Crippen molar-refractivity contribution in [2.45, 2.75) is 44.6 Å². The molecule has 2 rings (SSSR count). The SMILES string of the molecule is COC1CCN(S(=O)(=O)N2CCCC(CCC(=O)O)C2)CC1. The van der Waals surface area contributed by atoms with Gasteiger partial charge in [0.25, 0.3) is 10.2 Å². The van der Waals surface area contributed by atoms with E-state index in [1.807, 2.05) is 0 Å². The van der Waals surface area contributed by atoms with Gasteiger partial charge in [-0.15, -0.1) is 0 Å². The maximum Gasteiger partial charge on any atom is 0.303 e. The molecule has 2 aliphatic rings. The Hall–Kier alpha value is -0.700. The van der Waals surface area contributed by atoms with Gasteiger partial charge in [-0.05, 0) is 38.0 Å². The van der Waals surface area contributed by atoms with E-state index in [2.05, 4.69) is 0 Å². The van der Waals surface area contributed by atoms with Crippen molar-refractivity contribution < 1.29 is 23.1 Å². The van der Waals surface area contributed by atoms with Crippen molar-refractivity contribution in [3.05, 3.63) is 0 Å². The molecule has 1 N–H and O–H groups in total. The van der Waals surface area contributed by atoms with E-state index in [0.717, 1.165) is 25.7 Å². The lowest BCUT2D eigenvalue weighted by molar-refractivity contribution is -0.137. The molecule has 2 heterocycles. The van der Waals surface area contributed by atoms with Gasteiger partial charge in [-0.25, -0.2) is 0 Å². The molecule has 0 aromatic heterocycles. The first kappa shape index (κ1) is 17.7. The molecule has 0 spiro atoms. The van der Waals surface area contributed by atoms with Crippen LogP contribution in [0, 0.1) is 5.92 Å². The van der Waals surface area contributed by atoms with E-state index in [4.69, 9.17) is 9.84 Å². The van der Waals surface area contributed by atoms with Gasteiger partial charge >= 0.3 is 5.97 Å². The third-order valence-corrected chi connectivity index (χ3v) is 6.64. The summed E-state index contributed by atoms with van der Waals surface area (Å²) in [5.74, 6) is -0.669. The molecule has 2 saturated heterocycles. The first-order chi connectivity index (χ1) is 10.4. The van der Waals surface area contributed by atoms with Crippen LogP contribution in [0.25, 0.3) is 0 Å². The minimum Gasteiger partial charge on any atom is -0.481 e. The Morgan fingerprint density at radius 2 is 1.86 bits per heavy atom. The molecule has 1 unspecified atom stereocenters. The summed E-state index contributed by atoms with van der Waals surface area (Å²) in [4.78, 5) is 10.7. The number of nitrogens with zero attached hydrogens (tertiary/aromatic N) is 2. The molecule has 7 nitrogen and oxygen atoms in total. The predicted molar refractivity (Wildman–Crippen MR) is 81.7 cm³/mol. The Bertz CT molecular complexity index is 474. The topological polar surface area (TPSA) is 87.2 Å². The number of hydrogen-bond acceptors (Lipinski definition) is 4. The standard InChI is InChI=1S/C14H26N2O5S/c1-21-13-6-9-15(10-7-13)22(19,20)16-8-2-3-12(11-16)4-5-14(17)18/h12-13H,2-11H2,1H3,(H,17,18). The van der Waals surface area contributed by atoms with Gasteiger partial charge in [-0.3, -0.25) is 4.79 Å². The molecule has 2 fully saturated rings. The Labute approximate surface area is 132 Å². The van der Waals surface area contributed by atoms with Crippen molar-refractivity contribution >= 4 is 16.2 Å². The van der Waals surface area contributed by atoms with Crippen LogP contribution in [0.1, 0.15) is 38.5 Å². The fourth-order valence-electron chi connectivity index (χ4n) is 3.26. The zero-order chi connectivity index (χ0) is 16.2. The van der Waals surface area contributed by atoms with Crippen LogP contribution in [-0.4, -0.2) is 67.5 Å². The molecular formula is C14H26N2O5S. The van der Waals surface area contributed by atoms with Crippen LogP contribution in [0.3, 0.4) is 0 Å². The van der Waals surface area contributed by atoms with Crippen LogP contribution < -0.4 is 0 Å². The van der Waals surface area contributed by atoms with E-state index in [-0.39, 0.29) is 18.4 Å². The van der Waals surface area contributed by atoms with Crippen LogP contribution in [0.2, 0.25) is 0 Å². The Kier molecular flexibility index (Phi) is 6.19. The minimum absolute atomic E-state index is 0.109. The van der Waals surface area contributed by atoms with Crippen molar-refractivity contribution in [3.8, 4) is 0 Å². The van der Waals surface area contributed by atoms with Gasteiger partial charge < -0.3 is 9.84 Å². The molecular weight excluding hydrogens is 308 g/mol. The zero-order valence-corrected chi connectivity index (χ0v) is 13.9. The van der Waals surface area contributed by atoms with Gasteiger partial charge in [-0.1, -0.05) is 0 Å². The number of piperidine rings is 2. The van der Waals surface area contributed by atoms with Crippen molar-refractivity contribution in [2.24, 2.45) is 5.92 Å². The highest BCUT2D eigenvalue weighted by molar-refractivity contribution is 7.86. The highest BCUT2D eigenvalue weighted by atomic mass is 32.2. The smallest absolute Gasteiger partial charge is 0.303 e. The third kappa shape index (κ3) is 4.41. The molecule has 22 heavy (non-hydrogen) atoms.